The number of carbonyl (C=O) groups is 1. The van der Waals surface area contributed by atoms with Gasteiger partial charge in [0, 0.05) is 23.9 Å². The summed E-state index contributed by atoms with van der Waals surface area (Å²) in [5.41, 5.74) is 1.38. The van der Waals surface area contributed by atoms with Crippen molar-refractivity contribution in [3.05, 3.63) is 42.0 Å². The van der Waals surface area contributed by atoms with Crippen molar-refractivity contribution in [2.45, 2.75) is 6.42 Å². The number of methoxy groups -OCH3 is 1. The largest absolute Gasteiger partial charge is 0.494 e. The number of ether oxygens (including phenoxy) is 3. The van der Waals surface area contributed by atoms with E-state index in [1.807, 2.05) is 0 Å². The quantitative estimate of drug-likeness (QED) is 0.860. The summed E-state index contributed by atoms with van der Waals surface area (Å²) in [7, 11) is -1.85. The second-order valence-corrected chi connectivity index (χ2v) is 8.16. The number of carbonyl (C=O) groups excluding carboxylic acids is 1. The summed E-state index contributed by atoms with van der Waals surface area (Å²) in [5.74, 6) is 1.30. The molecule has 8 nitrogen and oxygen atoms in total. The SMILES string of the molecule is COc1cc(NC(=O)c2ccc3c(c2)OCO3)ccc1N1CCCS1(=O)=O. The first-order valence-corrected chi connectivity index (χ1v) is 9.98. The lowest BCUT2D eigenvalue weighted by atomic mass is 10.1. The molecule has 1 fully saturated rings. The van der Waals surface area contributed by atoms with Crippen molar-refractivity contribution in [2.24, 2.45) is 0 Å². The molecule has 1 saturated heterocycles. The average molecular weight is 390 g/mol. The van der Waals surface area contributed by atoms with Crippen LogP contribution < -0.4 is 23.8 Å². The van der Waals surface area contributed by atoms with Crippen molar-refractivity contribution in [2.75, 3.05) is 35.8 Å². The van der Waals surface area contributed by atoms with Crippen LogP contribution in [-0.2, 0) is 10.0 Å². The second-order valence-electron chi connectivity index (χ2n) is 6.15. The van der Waals surface area contributed by atoms with Gasteiger partial charge in [0.25, 0.3) is 5.91 Å². The van der Waals surface area contributed by atoms with Gasteiger partial charge in [-0.25, -0.2) is 8.42 Å². The van der Waals surface area contributed by atoms with E-state index in [9.17, 15) is 13.2 Å². The van der Waals surface area contributed by atoms with Gasteiger partial charge < -0.3 is 19.5 Å². The number of benzene rings is 2. The molecule has 0 atom stereocenters. The normalized spacial score (nSPS) is 17.0. The Hall–Kier alpha value is -2.94. The third-order valence-electron chi connectivity index (χ3n) is 4.44. The van der Waals surface area contributed by atoms with E-state index in [4.69, 9.17) is 14.2 Å². The van der Waals surface area contributed by atoms with Crippen molar-refractivity contribution in [1.82, 2.24) is 0 Å². The Balaban J connectivity index is 1.57. The number of amides is 1. The minimum Gasteiger partial charge on any atom is -0.494 e. The number of rotatable bonds is 4. The first-order chi connectivity index (χ1) is 13.0. The molecule has 27 heavy (non-hydrogen) atoms. The van der Waals surface area contributed by atoms with Crippen molar-refractivity contribution in [1.29, 1.82) is 0 Å². The fourth-order valence-corrected chi connectivity index (χ4v) is 4.68. The molecule has 0 radical (unpaired) electrons. The predicted molar refractivity (Wildman–Crippen MR) is 99.3 cm³/mol. The van der Waals surface area contributed by atoms with Crippen LogP contribution >= 0.6 is 0 Å². The molecule has 0 unspecified atom stereocenters. The molecule has 0 aromatic heterocycles. The molecule has 2 aliphatic heterocycles. The van der Waals surface area contributed by atoms with E-state index in [1.54, 1.807) is 36.4 Å². The van der Waals surface area contributed by atoms with Crippen LogP contribution in [0.2, 0.25) is 0 Å². The maximum Gasteiger partial charge on any atom is 0.255 e. The first-order valence-electron chi connectivity index (χ1n) is 8.37. The van der Waals surface area contributed by atoms with Gasteiger partial charge in [-0.05, 0) is 36.8 Å². The van der Waals surface area contributed by atoms with Gasteiger partial charge in [-0.2, -0.15) is 0 Å². The number of hydrogen-bond donors (Lipinski definition) is 1. The first kappa shape index (κ1) is 17.5. The Morgan fingerprint density at radius 3 is 2.70 bits per heavy atom. The van der Waals surface area contributed by atoms with E-state index in [0.29, 0.717) is 47.2 Å². The molecule has 0 bridgehead atoms. The summed E-state index contributed by atoms with van der Waals surface area (Å²) in [6.45, 7) is 0.556. The second kappa shape index (κ2) is 6.66. The van der Waals surface area contributed by atoms with E-state index in [-0.39, 0.29) is 18.5 Å². The zero-order chi connectivity index (χ0) is 19.0. The molecule has 0 aliphatic carbocycles. The molecular formula is C18H18N2O6S. The molecule has 142 valence electrons. The highest BCUT2D eigenvalue weighted by Gasteiger charge is 2.30. The fourth-order valence-electron chi connectivity index (χ4n) is 3.11. The third kappa shape index (κ3) is 3.25. The number of anilines is 2. The van der Waals surface area contributed by atoms with Crippen molar-refractivity contribution in [3.63, 3.8) is 0 Å². The zero-order valence-electron chi connectivity index (χ0n) is 14.6. The van der Waals surface area contributed by atoms with Gasteiger partial charge in [-0.15, -0.1) is 0 Å². The van der Waals surface area contributed by atoms with E-state index >= 15 is 0 Å². The Morgan fingerprint density at radius 1 is 1.15 bits per heavy atom. The summed E-state index contributed by atoms with van der Waals surface area (Å²) in [6.07, 6.45) is 0.577. The Labute approximate surface area is 156 Å². The van der Waals surface area contributed by atoms with Gasteiger partial charge in [0.1, 0.15) is 5.75 Å². The van der Waals surface area contributed by atoms with Gasteiger partial charge in [-0.1, -0.05) is 0 Å². The summed E-state index contributed by atoms with van der Waals surface area (Å²) < 4.78 is 41.5. The fraction of sp³-hybridized carbons (Fsp3) is 0.278. The summed E-state index contributed by atoms with van der Waals surface area (Å²) >= 11 is 0. The highest BCUT2D eigenvalue weighted by molar-refractivity contribution is 7.93. The van der Waals surface area contributed by atoms with E-state index < -0.39 is 10.0 Å². The number of sulfonamides is 1. The summed E-state index contributed by atoms with van der Waals surface area (Å²) in [6, 6.07) is 9.83. The van der Waals surface area contributed by atoms with E-state index in [0.717, 1.165) is 0 Å². The van der Waals surface area contributed by atoms with Crippen LogP contribution in [-0.4, -0.2) is 40.5 Å². The molecule has 2 heterocycles. The lowest BCUT2D eigenvalue weighted by Crippen LogP contribution is -2.25. The maximum atomic E-state index is 12.5. The van der Waals surface area contributed by atoms with Crippen LogP contribution in [0.1, 0.15) is 16.8 Å². The van der Waals surface area contributed by atoms with Crippen LogP contribution in [0.3, 0.4) is 0 Å². The standard InChI is InChI=1S/C18H18N2O6S/c1-24-16-10-13(4-5-14(16)20-7-2-8-27(20,22)23)19-18(21)12-3-6-15-17(9-12)26-11-25-15/h3-6,9-10H,2,7-8,11H2,1H3,(H,19,21). The predicted octanol–water partition coefficient (Wildman–Crippen LogP) is 2.22. The minimum atomic E-state index is -3.32. The van der Waals surface area contributed by atoms with Crippen LogP contribution in [0.15, 0.2) is 36.4 Å². The average Bonchev–Trinajstić information content (AvgIpc) is 3.26. The summed E-state index contributed by atoms with van der Waals surface area (Å²) in [5, 5.41) is 2.78. The molecular weight excluding hydrogens is 372 g/mol. The molecule has 1 N–H and O–H groups in total. The summed E-state index contributed by atoms with van der Waals surface area (Å²) in [4.78, 5) is 12.5. The Bertz CT molecular complexity index is 1000. The monoisotopic (exact) mass is 390 g/mol. The van der Waals surface area contributed by atoms with Gasteiger partial charge in [0.05, 0.1) is 18.6 Å². The van der Waals surface area contributed by atoms with E-state index in [2.05, 4.69) is 5.32 Å². The van der Waals surface area contributed by atoms with Gasteiger partial charge >= 0.3 is 0 Å². The molecule has 0 spiro atoms. The molecule has 2 aromatic carbocycles. The third-order valence-corrected chi connectivity index (χ3v) is 6.30. The van der Waals surface area contributed by atoms with Crippen molar-refractivity contribution in [3.8, 4) is 17.2 Å². The number of hydrogen-bond acceptors (Lipinski definition) is 6. The maximum absolute atomic E-state index is 12.5. The van der Waals surface area contributed by atoms with Crippen LogP contribution in [0.4, 0.5) is 11.4 Å². The molecule has 9 heteroatoms. The van der Waals surface area contributed by atoms with Crippen LogP contribution in [0, 0.1) is 0 Å². The number of nitrogens with zero attached hydrogens (tertiary/aromatic N) is 1. The van der Waals surface area contributed by atoms with Crippen molar-refractivity contribution < 1.29 is 27.4 Å². The number of fused-ring (bicyclic) bond motifs is 1. The zero-order valence-corrected chi connectivity index (χ0v) is 15.4. The molecule has 2 aromatic rings. The van der Waals surface area contributed by atoms with E-state index in [1.165, 1.54) is 11.4 Å². The highest BCUT2D eigenvalue weighted by Crippen LogP contribution is 2.36. The molecule has 1 amide bonds. The number of nitrogens with one attached hydrogen (secondary N) is 1. The Kier molecular flexibility index (Phi) is 4.31. The highest BCUT2D eigenvalue weighted by atomic mass is 32.2. The van der Waals surface area contributed by atoms with Gasteiger partial charge in [0.15, 0.2) is 11.5 Å². The lowest BCUT2D eigenvalue weighted by Gasteiger charge is -2.20. The van der Waals surface area contributed by atoms with Gasteiger partial charge in [-0.3, -0.25) is 9.10 Å². The van der Waals surface area contributed by atoms with Crippen molar-refractivity contribution >= 4 is 27.3 Å². The minimum absolute atomic E-state index is 0.124. The van der Waals surface area contributed by atoms with Crippen LogP contribution in [0.25, 0.3) is 0 Å². The molecule has 0 saturated carbocycles. The molecule has 4 rings (SSSR count). The van der Waals surface area contributed by atoms with Crippen LogP contribution in [0.5, 0.6) is 17.2 Å². The Morgan fingerprint density at radius 2 is 1.96 bits per heavy atom. The molecule has 2 aliphatic rings. The smallest absolute Gasteiger partial charge is 0.255 e. The lowest BCUT2D eigenvalue weighted by molar-refractivity contribution is 0.102. The van der Waals surface area contributed by atoms with Gasteiger partial charge in [0.2, 0.25) is 16.8 Å². The topological polar surface area (TPSA) is 94.2 Å².